The van der Waals surface area contributed by atoms with Crippen LogP contribution >= 0.6 is 23.5 Å². The molecule has 0 heterocycles. The molecule has 2 aromatic carbocycles. The van der Waals surface area contributed by atoms with Crippen LogP contribution in [0.2, 0.25) is 0 Å². The fraction of sp³-hybridized carbons (Fsp3) is 0.316. The van der Waals surface area contributed by atoms with E-state index in [1.165, 1.54) is 27.8 Å². The molecule has 22 heavy (non-hydrogen) atoms. The molecule has 0 saturated heterocycles. The lowest BCUT2D eigenvalue weighted by Crippen LogP contribution is -1.99. The Morgan fingerprint density at radius 3 is 2.50 bits per heavy atom. The molecule has 0 saturated carbocycles. The van der Waals surface area contributed by atoms with Crippen LogP contribution in [0.4, 0.5) is 0 Å². The Hall–Kier alpha value is -1.19. The number of rotatable bonds is 6. The van der Waals surface area contributed by atoms with E-state index in [2.05, 4.69) is 44.2 Å². The molecule has 0 unspecified atom stereocenters. The van der Waals surface area contributed by atoms with Crippen molar-refractivity contribution in [2.45, 2.75) is 31.6 Å². The van der Waals surface area contributed by atoms with E-state index in [-0.39, 0.29) is 5.12 Å². The van der Waals surface area contributed by atoms with Crippen molar-refractivity contribution >= 4 is 28.6 Å². The largest absolute Gasteiger partial charge is 0.282 e. The number of aryl methyl sites for hydroxylation is 1. The van der Waals surface area contributed by atoms with Crippen LogP contribution in [0.15, 0.2) is 47.4 Å². The molecule has 0 aliphatic heterocycles. The molecule has 2 aromatic rings. The number of benzene rings is 2. The van der Waals surface area contributed by atoms with E-state index < -0.39 is 0 Å². The van der Waals surface area contributed by atoms with Crippen LogP contribution in [0.5, 0.6) is 0 Å². The van der Waals surface area contributed by atoms with Gasteiger partial charge in [0.05, 0.1) is 0 Å². The molecule has 0 fully saturated rings. The molecule has 116 valence electrons. The predicted molar refractivity (Wildman–Crippen MR) is 100 cm³/mol. The summed E-state index contributed by atoms with van der Waals surface area (Å²) in [6.07, 6.45) is 3.96. The SMILES string of the molecule is CCCSc1ccc(C(=O)SC)c(-c2ccccc2CC)c1. The summed E-state index contributed by atoms with van der Waals surface area (Å²) in [5, 5.41) is 0.132. The third-order valence-electron chi connectivity index (χ3n) is 3.56. The highest BCUT2D eigenvalue weighted by Crippen LogP contribution is 2.33. The third-order valence-corrected chi connectivity index (χ3v) is 5.35. The van der Waals surface area contributed by atoms with E-state index in [9.17, 15) is 4.79 Å². The maximum absolute atomic E-state index is 12.3. The number of carbonyl (C=O) groups excluding carboxylic acids is 1. The Bertz CT molecular complexity index is 650. The van der Waals surface area contributed by atoms with Crippen LogP contribution in [0, 0.1) is 0 Å². The molecule has 1 nitrogen and oxygen atoms in total. The van der Waals surface area contributed by atoms with Crippen molar-refractivity contribution in [3.63, 3.8) is 0 Å². The minimum atomic E-state index is 0.132. The lowest BCUT2D eigenvalue weighted by atomic mass is 9.95. The van der Waals surface area contributed by atoms with Gasteiger partial charge in [-0.3, -0.25) is 4.79 Å². The zero-order valence-corrected chi connectivity index (χ0v) is 15.0. The monoisotopic (exact) mass is 330 g/mol. The second kappa shape index (κ2) is 8.44. The van der Waals surface area contributed by atoms with Crippen LogP contribution in [-0.2, 0) is 6.42 Å². The summed E-state index contributed by atoms with van der Waals surface area (Å²) in [6.45, 7) is 4.34. The summed E-state index contributed by atoms with van der Waals surface area (Å²) < 4.78 is 0. The second-order valence-electron chi connectivity index (χ2n) is 5.06. The molecule has 3 heteroatoms. The van der Waals surface area contributed by atoms with Gasteiger partial charge >= 0.3 is 0 Å². The topological polar surface area (TPSA) is 17.1 Å². The Kier molecular flexibility index (Phi) is 6.59. The summed E-state index contributed by atoms with van der Waals surface area (Å²) in [7, 11) is 0. The number of hydrogen-bond donors (Lipinski definition) is 0. The Morgan fingerprint density at radius 1 is 1.05 bits per heavy atom. The second-order valence-corrected chi connectivity index (χ2v) is 7.01. The number of thioether (sulfide) groups is 2. The van der Waals surface area contributed by atoms with Crippen molar-refractivity contribution in [2.24, 2.45) is 0 Å². The van der Waals surface area contributed by atoms with Gasteiger partial charge in [-0.25, -0.2) is 0 Å². The highest BCUT2D eigenvalue weighted by molar-refractivity contribution is 8.13. The van der Waals surface area contributed by atoms with Crippen molar-refractivity contribution in [1.82, 2.24) is 0 Å². The molecule has 0 amide bonds. The van der Waals surface area contributed by atoms with Crippen molar-refractivity contribution in [3.8, 4) is 11.1 Å². The van der Waals surface area contributed by atoms with Gasteiger partial charge in [0, 0.05) is 10.5 Å². The molecule has 0 N–H and O–H groups in total. The van der Waals surface area contributed by atoms with E-state index in [0.29, 0.717) is 0 Å². The molecule has 2 rings (SSSR count). The molecule has 0 aliphatic carbocycles. The average molecular weight is 331 g/mol. The van der Waals surface area contributed by atoms with Gasteiger partial charge in [0.25, 0.3) is 0 Å². The van der Waals surface area contributed by atoms with Crippen molar-refractivity contribution in [1.29, 1.82) is 0 Å². The minimum Gasteiger partial charge on any atom is -0.282 e. The van der Waals surface area contributed by atoms with Gasteiger partial charge in [-0.05, 0) is 59.7 Å². The molecule has 0 bridgehead atoms. The summed E-state index contributed by atoms with van der Waals surface area (Å²) >= 11 is 3.13. The minimum absolute atomic E-state index is 0.132. The Balaban J connectivity index is 2.56. The first-order valence-electron chi connectivity index (χ1n) is 7.64. The third kappa shape index (κ3) is 3.96. The van der Waals surface area contributed by atoms with Crippen molar-refractivity contribution in [2.75, 3.05) is 12.0 Å². The van der Waals surface area contributed by atoms with Gasteiger partial charge in [-0.15, -0.1) is 11.8 Å². The van der Waals surface area contributed by atoms with Gasteiger partial charge in [0.15, 0.2) is 0 Å². The van der Waals surface area contributed by atoms with E-state index in [1.54, 1.807) is 0 Å². The standard InChI is InChI=1S/C19H22OS2/c1-4-12-22-15-10-11-17(19(20)21-3)18(13-15)16-9-7-6-8-14(16)5-2/h6-11,13H,4-5,12H2,1-3H3. The van der Waals surface area contributed by atoms with Crippen molar-refractivity contribution < 1.29 is 4.79 Å². The quantitative estimate of drug-likeness (QED) is 0.612. The zero-order chi connectivity index (χ0) is 15.9. The highest BCUT2D eigenvalue weighted by atomic mass is 32.2. The first kappa shape index (κ1) is 17.2. The fourth-order valence-corrected chi connectivity index (χ4v) is 3.64. The van der Waals surface area contributed by atoms with Crippen molar-refractivity contribution in [3.05, 3.63) is 53.6 Å². The highest BCUT2D eigenvalue weighted by Gasteiger charge is 2.15. The molecule has 0 atom stereocenters. The Labute approximate surface area is 141 Å². The average Bonchev–Trinajstić information content (AvgIpc) is 2.59. The first-order valence-corrected chi connectivity index (χ1v) is 9.85. The zero-order valence-electron chi connectivity index (χ0n) is 13.4. The lowest BCUT2D eigenvalue weighted by molar-refractivity contribution is 0.109. The predicted octanol–water partition coefficient (Wildman–Crippen LogP) is 5.92. The van der Waals surface area contributed by atoms with E-state index >= 15 is 0 Å². The van der Waals surface area contributed by atoms with E-state index in [0.717, 1.165) is 29.7 Å². The number of carbonyl (C=O) groups is 1. The molecule has 0 spiro atoms. The van der Waals surface area contributed by atoms with Gasteiger partial charge in [0.1, 0.15) is 0 Å². The lowest BCUT2D eigenvalue weighted by Gasteiger charge is -2.13. The van der Waals surface area contributed by atoms with Crippen LogP contribution in [0.25, 0.3) is 11.1 Å². The smallest absolute Gasteiger partial charge is 0.219 e. The molecular weight excluding hydrogens is 308 g/mol. The maximum atomic E-state index is 12.3. The maximum Gasteiger partial charge on any atom is 0.219 e. The number of hydrogen-bond acceptors (Lipinski definition) is 3. The summed E-state index contributed by atoms with van der Waals surface area (Å²) in [5.74, 6) is 1.10. The van der Waals surface area contributed by atoms with Gasteiger partial charge < -0.3 is 0 Å². The summed E-state index contributed by atoms with van der Waals surface area (Å²) in [6, 6.07) is 14.6. The van der Waals surface area contributed by atoms with Crippen LogP contribution in [0.3, 0.4) is 0 Å². The molecule has 0 aromatic heterocycles. The van der Waals surface area contributed by atoms with Crippen LogP contribution in [-0.4, -0.2) is 17.1 Å². The summed E-state index contributed by atoms with van der Waals surface area (Å²) in [4.78, 5) is 13.5. The van der Waals surface area contributed by atoms with Gasteiger partial charge in [-0.1, -0.05) is 49.9 Å². The first-order chi connectivity index (χ1) is 10.7. The van der Waals surface area contributed by atoms with Gasteiger partial charge in [0.2, 0.25) is 5.12 Å². The fourth-order valence-electron chi connectivity index (χ4n) is 2.44. The molecular formula is C19H22OS2. The van der Waals surface area contributed by atoms with Crippen LogP contribution in [0.1, 0.15) is 36.2 Å². The van der Waals surface area contributed by atoms with E-state index in [4.69, 9.17) is 0 Å². The van der Waals surface area contributed by atoms with E-state index in [1.807, 2.05) is 30.2 Å². The Morgan fingerprint density at radius 2 is 1.82 bits per heavy atom. The van der Waals surface area contributed by atoms with Crippen LogP contribution < -0.4 is 0 Å². The normalized spacial score (nSPS) is 10.7. The summed E-state index contributed by atoms with van der Waals surface area (Å²) in [5.41, 5.74) is 4.35. The molecule has 0 radical (unpaired) electrons. The van der Waals surface area contributed by atoms with Gasteiger partial charge in [-0.2, -0.15) is 0 Å². The molecule has 0 aliphatic rings.